The summed E-state index contributed by atoms with van der Waals surface area (Å²) in [5.41, 5.74) is 2.77. The highest BCUT2D eigenvalue weighted by Gasteiger charge is 2.38. The van der Waals surface area contributed by atoms with Gasteiger partial charge in [-0.05, 0) is 31.2 Å². The maximum atomic E-state index is 12.5. The molecule has 5 rings (SSSR count). The quantitative estimate of drug-likeness (QED) is 0.700. The van der Waals surface area contributed by atoms with Crippen molar-refractivity contribution in [2.45, 2.75) is 37.7 Å². The number of amides is 1. The van der Waals surface area contributed by atoms with Gasteiger partial charge in [-0.25, -0.2) is 9.97 Å². The molecule has 32 heavy (non-hydrogen) atoms. The highest BCUT2D eigenvalue weighted by Crippen LogP contribution is 2.32. The van der Waals surface area contributed by atoms with Crippen LogP contribution in [0.5, 0.6) is 0 Å². The Bertz CT molecular complexity index is 912. The zero-order valence-corrected chi connectivity index (χ0v) is 19.8. The maximum Gasteiger partial charge on any atom is 0.270 e. The van der Waals surface area contributed by atoms with Crippen LogP contribution in [0, 0.1) is 0 Å². The molecule has 2 N–H and O–H groups in total. The Morgan fingerprint density at radius 2 is 1.81 bits per heavy atom. The number of benzene rings is 1. The van der Waals surface area contributed by atoms with Crippen LogP contribution in [0.15, 0.2) is 30.3 Å². The van der Waals surface area contributed by atoms with Gasteiger partial charge in [0.25, 0.3) is 5.91 Å². The second-order valence-corrected chi connectivity index (χ2v) is 8.48. The van der Waals surface area contributed by atoms with Crippen LogP contribution in [0.4, 0.5) is 5.82 Å². The molecule has 0 unspecified atom stereocenters. The molecule has 1 aromatic carbocycles. The fraction of sp³-hybridized carbons (Fsp3) is 0.522. The smallest absolute Gasteiger partial charge is 0.270 e. The number of anilines is 1. The lowest BCUT2D eigenvalue weighted by atomic mass is 9.89. The van der Waals surface area contributed by atoms with Crippen molar-refractivity contribution >= 4 is 36.5 Å². The predicted molar refractivity (Wildman–Crippen MR) is 129 cm³/mol. The summed E-state index contributed by atoms with van der Waals surface area (Å²) in [6.45, 7) is 5.08. The summed E-state index contributed by atoms with van der Waals surface area (Å²) in [6.07, 6.45) is 4.33. The van der Waals surface area contributed by atoms with Crippen molar-refractivity contribution in [3.8, 4) is 0 Å². The first-order chi connectivity index (χ1) is 14.7. The molecule has 4 heterocycles. The standard InChI is InChI=1S/C23H29N5O2.2ClH/c29-22-20-18(8-11-25-22)21(27-19(26-20)7-6-17-4-2-1-3-5-17)28-13-9-23(10-14-28)16-24-12-15-30-23;;/h1-5,24H,6-16H2,(H,25,29);2*1H. The van der Waals surface area contributed by atoms with E-state index in [-0.39, 0.29) is 36.3 Å². The van der Waals surface area contributed by atoms with E-state index in [0.717, 1.165) is 82.1 Å². The summed E-state index contributed by atoms with van der Waals surface area (Å²) >= 11 is 0. The van der Waals surface area contributed by atoms with E-state index in [1.165, 1.54) is 5.56 Å². The van der Waals surface area contributed by atoms with Crippen LogP contribution in [0.3, 0.4) is 0 Å². The molecular formula is C23H31Cl2N5O2. The van der Waals surface area contributed by atoms with Gasteiger partial charge in [0, 0.05) is 44.7 Å². The van der Waals surface area contributed by atoms with E-state index in [1.54, 1.807) is 0 Å². The van der Waals surface area contributed by atoms with Gasteiger partial charge in [0.2, 0.25) is 0 Å². The number of ether oxygens (including phenoxy) is 1. The first-order valence-corrected chi connectivity index (χ1v) is 11.0. The van der Waals surface area contributed by atoms with Gasteiger partial charge in [-0.1, -0.05) is 30.3 Å². The number of nitrogens with one attached hydrogen (secondary N) is 2. The molecule has 7 nitrogen and oxygen atoms in total. The number of halogens is 2. The Morgan fingerprint density at radius 1 is 1.03 bits per heavy atom. The molecule has 1 amide bonds. The van der Waals surface area contributed by atoms with E-state index in [0.29, 0.717) is 12.2 Å². The fourth-order valence-electron chi connectivity index (χ4n) is 4.75. The zero-order valence-electron chi connectivity index (χ0n) is 18.1. The molecule has 0 saturated carbocycles. The molecule has 1 aromatic heterocycles. The molecule has 0 bridgehead atoms. The van der Waals surface area contributed by atoms with E-state index >= 15 is 0 Å². The Hall–Kier alpha value is -1.93. The summed E-state index contributed by atoms with van der Waals surface area (Å²) in [7, 11) is 0. The molecule has 1 spiro atoms. The molecule has 0 radical (unpaired) electrons. The van der Waals surface area contributed by atoms with E-state index in [4.69, 9.17) is 9.72 Å². The van der Waals surface area contributed by atoms with Crippen molar-refractivity contribution < 1.29 is 9.53 Å². The number of carbonyl (C=O) groups is 1. The molecule has 9 heteroatoms. The third-order valence-electron chi connectivity index (χ3n) is 6.50. The molecular weight excluding hydrogens is 449 g/mol. The molecule has 2 saturated heterocycles. The number of piperidine rings is 1. The number of morpholine rings is 1. The Balaban J connectivity index is 0.00000144. The largest absolute Gasteiger partial charge is 0.372 e. The lowest BCUT2D eigenvalue weighted by Crippen LogP contribution is -2.56. The number of aryl methyl sites for hydroxylation is 2. The van der Waals surface area contributed by atoms with E-state index in [9.17, 15) is 4.79 Å². The topological polar surface area (TPSA) is 79.4 Å². The molecule has 2 fully saturated rings. The monoisotopic (exact) mass is 479 g/mol. The minimum Gasteiger partial charge on any atom is -0.372 e. The molecule has 3 aliphatic rings. The minimum absolute atomic E-state index is 0. The average Bonchev–Trinajstić information content (AvgIpc) is 2.80. The second kappa shape index (κ2) is 10.8. The Labute approximate surface area is 201 Å². The third-order valence-corrected chi connectivity index (χ3v) is 6.50. The number of hydrogen-bond donors (Lipinski definition) is 2. The van der Waals surface area contributed by atoms with Crippen LogP contribution >= 0.6 is 24.8 Å². The van der Waals surface area contributed by atoms with Gasteiger partial charge in [-0.2, -0.15) is 0 Å². The van der Waals surface area contributed by atoms with Crippen molar-refractivity contribution in [1.82, 2.24) is 20.6 Å². The molecule has 2 aromatic rings. The highest BCUT2D eigenvalue weighted by molar-refractivity contribution is 5.96. The van der Waals surface area contributed by atoms with Crippen LogP contribution in [-0.4, -0.2) is 60.8 Å². The van der Waals surface area contributed by atoms with E-state index in [2.05, 4.69) is 32.7 Å². The number of hydrogen-bond acceptors (Lipinski definition) is 6. The minimum atomic E-state index is -0.0749. The number of nitrogens with zero attached hydrogens (tertiary/aromatic N) is 3. The second-order valence-electron chi connectivity index (χ2n) is 8.48. The summed E-state index contributed by atoms with van der Waals surface area (Å²) < 4.78 is 6.15. The third kappa shape index (κ3) is 5.17. The maximum absolute atomic E-state index is 12.5. The van der Waals surface area contributed by atoms with Gasteiger partial charge in [0.05, 0.1) is 12.2 Å². The normalized spacial score (nSPS) is 19.4. The molecule has 0 aliphatic carbocycles. The fourth-order valence-corrected chi connectivity index (χ4v) is 4.75. The van der Waals surface area contributed by atoms with Crippen molar-refractivity contribution in [3.05, 3.63) is 53.0 Å². The molecule has 0 atom stereocenters. The van der Waals surface area contributed by atoms with Crippen LogP contribution in [0.2, 0.25) is 0 Å². The number of aromatic nitrogens is 2. The van der Waals surface area contributed by atoms with Gasteiger partial charge >= 0.3 is 0 Å². The summed E-state index contributed by atoms with van der Waals surface area (Å²) in [4.78, 5) is 24.5. The first kappa shape index (κ1) is 24.7. The highest BCUT2D eigenvalue weighted by atomic mass is 35.5. The zero-order chi connectivity index (χ0) is 20.4. The summed E-state index contributed by atoms with van der Waals surface area (Å²) in [5.74, 6) is 1.63. The lowest BCUT2D eigenvalue weighted by Gasteiger charge is -2.44. The average molecular weight is 480 g/mol. The first-order valence-electron chi connectivity index (χ1n) is 11.0. The van der Waals surface area contributed by atoms with E-state index in [1.807, 2.05) is 18.2 Å². The molecule has 174 valence electrons. The summed E-state index contributed by atoms with van der Waals surface area (Å²) in [6, 6.07) is 10.4. The van der Waals surface area contributed by atoms with Crippen LogP contribution in [-0.2, 0) is 24.0 Å². The van der Waals surface area contributed by atoms with Gasteiger partial charge < -0.3 is 20.3 Å². The molecule has 3 aliphatic heterocycles. The number of fused-ring (bicyclic) bond motifs is 1. The van der Waals surface area contributed by atoms with Gasteiger partial charge in [0.15, 0.2) is 0 Å². The van der Waals surface area contributed by atoms with Crippen molar-refractivity contribution in [1.29, 1.82) is 0 Å². The predicted octanol–water partition coefficient (Wildman–Crippen LogP) is 2.35. The SMILES string of the molecule is Cl.Cl.O=C1NCCc2c1nc(CCc1ccccc1)nc2N1CCC2(CC1)CNCCO2. The van der Waals surface area contributed by atoms with Crippen molar-refractivity contribution in [3.63, 3.8) is 0 Å². The van der Waals surface area contributed by atoms with Gasteiger partial charge in [0.1, 0.15) is 17.3 Å². The number of carbonyl (C=O) groups excluding carboxylic acids is 1. The van der Waals surface area contributed by atoms with Crippen LogP contribution in [0.25, 0.3) is 0 Å². The van der Waals surface area contributed by atoms with Crippen LogP contribution in [0.1, 0.15) is 40.3 Å². The Morgan fingerprint density at radius 3 is 2.53 bits per heavy atom. The van der Waals surface area contributed by atoms with Gasteiger partial charge in [-0.15, -0.1) is 24.8 Å². The van der Waals surface area contributed by atoms with Gasteiger partial charge in [-0.3, -0.25) is 4.79 Å². The number of rotatable bonds is 4. The van der Waals surface area contributed by atoms with E-state index < -0.39 is 0 Å². The van der Waals surface area contributed by atoms with Crippen LogP contribution < -0.4 is 15.5 Å². The lowest BCUT2D eigenvalue weighted by molar-refractivity contribution is -0.0800. The Kier molecular flexibility index (Phi) is 8.33. The van der Waals surface area contributed by atoms with Crippen molar-refractivity contribution in [2.24, 2.45) is 0 Å². The van der Waals surface area contributed by atoms with Crippen molar-refractivity contribution in [2.75, 3.05) is 44.2 Å². The summed E-state index contributed by atoms with van der Waals surface area (Å²) in [5, 5.41) is 6.41.